The number of benzene rings is 2. The lowest BCUT2D eigenvalue weighted by atomic mass is 10.3. The molecule has 3 N–H and O–H groups in total. The predicted molar refractivity (Wildman–Crippen MR) is 111 cm³/mol. The summed E-state index contributed by atoms with van der Waals surface area (Å²) >= 11 is 12.7. The molecule has 10 heteroatoms. The molecule has 3 aromatic rings. The first kappa shape index (κ1) is 19.5. The van der Waals surface area contributed by atoms with E-state index in [0.29, 0.717) is 11.4 Å². The van der Waals surface area contributed by atoms with Crippen LogP contribution < -0.4 is 15.4 Å². The van der Waals surface area contributed by atoms with Crippen LogP contribution in [0, 0.1) is 0 Å². The highest BCUT2D eigenvalue weighted by atomic mass is 35.5. The molecule has 0 bridgehead atoms. The molecule has 27 heavy (non-hydrogen) atoms. The van der Waals surface area contributed by atoms with Gasteiger partial charge in [0, 0.05) is 11.4 Å². The molecule has 0 aliphatic heterocycles. The fourth-order valence-corrected chi connectivity index (χ4v) is 5.39. The Hall–Kier alpha value is -2.26. The quantitative estimate of drug-likeness (QED) is 0.488. The maximum atomic E-state index is 12.5. The summed E-state index contributed by atoms with van der Waals surface area (Å²) in [5.41, 5.74) is 1.32. The summed E-state index contributed by atoms with van der Waals surface area (Å²) in [6, 6.07) is 16.1. The van der Waals surface area contributed by atoms with Crippen LogP contribution in [0.15, 0.2) is 65.6 Å². The van der Waals surface area contributed by atoms with Gasteiger partial charge in [-0.25, -0.2) is 13.2 Å². The fourth-order valence-electron chi connectivity index (χ4n) is 2.19. The summed E-state index contributed by atoms with van der Waals surface area (Å²) in [7, 11) is -3.90. The molecule has 140 valence electrons. The second-order valence-corrected chi connectivity index (χ2v) is 9.26. The Morgan fingerprint density at radius 3 is 2.15 bits per heavy atom. The molecule has 0 unspecified atom stereocenters. The average Bonchev–Trinajstić information content (AvgIpc) is 2.95. The molecule has 0 fully saturated rings. The van der Waals surface area contributed by atoms with Crippen LogP contribution in [0.1, 0.15) is 0 Å². The van der Waals surface area contributed by atoms with Gasteiger partial charge in [0.15, 0.2) is 0 Å². The van der Waals surface area contributed by atoms with Gasteiger partial charge in [-0.3, -0.25) is 4.72 Å². The topological polar surface area (TPSA) is 87.3 Å². The van der Waals surface area contributed by atoms with E-state index in [1.54, 1.807) is 42.5 Å². The van der Waals surface area contributed by atoms with Gasteiger partial charge in [-0.05, 0) is 36.4 Å². The number of urea groups is 1. The van der Waals surface area contributed by atoms with Gasteiger partial charge in [-0.15, -0.1) is 11.3 Å². The fraction of sp³-hybridized carbons (Fsp3) is 0. The molecule has 2 aromatic carbocycles. The van der Waals surface area contributed by atoms with Crippen molar-refractivity contribution in [2.75, 3.05) is 15.4 Å². The van der Waals surface area contributed by atoms with Gasteiger partial charge in [0.25, 0.3) is 10.0 Å². The maximum absolute atomic E-state index is 12.5. The van der Waals surface area contributed by atoms with E-state index in [4.69, 9.17) is 23.2 Å². The zero-order valence-corrected chi connectivity index (χ0v) is 16.7. The number of amides is 2. The minimum atomic E-state index is -3.90. The summed E-state index contributed by atoms with van der Waals surface area (Å²) in [6.07, 6.45) is 0. The van der Waals surface area contributed by atoms with Crippen molar-refractivity contribution in [2.45, 2.75) is 4.90 Å². The Bertz CT molecular complexity index is 1070. The molecule has 1 aromatic heterocycles. The third kappa shape index (κ3) is 5.14. The van der Waals surface area contributed by atoms with Crippen LogP contribution in [0.4, 0.5) is 21.9 Å². The summed E-state index contributed by atoms with van der Waals surface area (Å²) in [5, 5.41) is 5.32. The van der Waals surface area contributed by atoms with E-state index in [1.165, 1.54) is 12.1 Å². The van der Waals surface area contributed by atoms with Gasteiger partial charge in [-0.1, -0.05) is 47.5 Å². The Kier molecular flexibility index (Phi) is 5.91. The number of nitrogens with one attached hydrogen (secondary N) is 3. The normalized spacial score (nSPS) is 11.0. The molecule has 0 spiro atoms. The van der Waals surface area contributed by atoms with Crippen LogP contribution in [0.5, 0.6) is 0 Å². The van der Waals surface area contributed by atoms with Crippen LogP contribution in [0.2, 0.25) is 8.67 Å². The summed E-state index contributed by atoms with van der Waals surface area (Å²) in [5.74, 6) is 0. The van der Waals surface area contributed by atoms with E-state index in [9.17, 15) is 13.2 Å². The number of sulfonamides is 1. The standard InChI is InChI=1S/C17H13Cl2N3O3S2/c18-15-10-14(16(19)26-15)27(24,25)22-13-8-4-7-12(9-13)21-17(23)20-11-5-2-1-3-6-11/h1-10,22H,(H2,20,21,23). The lowest BCUT2D eigenvalue weighted by Crippen LogP contribution is -2.19. The number of hydrogen-bond acceptors (Lipinski definition) is 4. The van der Waals surface area contributed by atoms with Crippen molar-refractivity contribution in [3.63, 3.8) is 0 Å². The van der Waals surface area contributed by atoms with E-state index in [0.717, 1.165) is 11.3 Å². The lowest BCUT2D eigenvalue weighted by Gasteiger charge is -2.10. The second kappa shape index (κ2) is 8.18. The number of hydrogen-bond donors (Lipinski definition) is 3. The minimum absolute atomic E-state index is 0.0732. The average molecular weight is 442 g/mol. The first-order valence-electron chi connectivity index (χ1n) is 7.54. The van der Waals surface area contributed by atoms with Gasteiger partial charge >= 0.3 is 6.03 Å². The maximum Gasteiger partial charge on any atom is 0.323 e. The zero-order valence-electron chi connectivity index (χ0n) is 13.6. The number of para-hydroxylation sites is 1. The number of carbonyl (C=O) groups is 1. The van der Waals surface area contributed by atoms with Gasteiger partial charge in [0.2, 0.25) is 0 Å². The molecule has 1 heterocycles. The zero-order chi connectivity index (χ0) is 19.4. The van der Waals surface area contributed by atoms with Crippen LogP contribution in [0.3, 0.4) is 0 Å². The molecule has 2 amide bonds. The Labute approximate surface area is 170 Å². The van der Waals surface area contributed by atoms with Gasteiger partial charge in [0.05, 0.1) is 10.0 Å². The molecule has 0 saturated heterocycles. The van der Waals surface area contributed by atoms with Crippen LogP contribution in [-0.4, -0.2) is 14.4 Å². The van der Waals surface area contributed by atoms with Crippen molar-refractivity contribution in [2.24, 2.45) is 0 Å². The Morgan fingerprint density at radius 2 is 1.48 bits per heavy atom. The molecule has 0 aliphatic carbocycles. The first-order valence-corrected chi connectivity index (χ1v) is 10.6. The van der Waals surface area contributed by atoms with E-state index < -0.39 is 16.1 Å². The SMILES string of the molecule is O=C(Nc1ccccc1)Nc1cccc(NS(=O)(=O)c2cc(Cl)sc2Cl)c1. The number of rotatable bonds is 5. The van der Waals surface area contributed by atoms with Crippen molar-refractivity contribution in [3.05, 3.63) is 69.3 Å². The molecular formula is C17H13Cl2N3O3S2. The number of halogens is 2. The van der Waals surface area contributed by atoms with E-state index in [1.807, 2.05) is 6.07 Å². The first-order chi connectivity index (χ1) is 12.8. The van der Waals surface area contributed by atoms with Crippen molar-refractivity contribution in [3.8, 4) is 0 Å². The summed E-state index contributed by atoms with van der Waals surface area (Å²) in [4.78, 5) is 12.0. The molecule has 0 atom stereocenters. The molecular weight excluding hydrogens is 429 g/mol. The highest BCUT2D eigenvalue weighted by molar-refractivity contribution is 7.93. The lowest BCUT2D eigenvalue weighted by molar-refractivity contribution is 0.262. The Morgan fingerprint density at radius 1 is 0.852 bits per heavy atom. The molecule has 0 aliphatic rings. The highest BCUT2D eigenvalue weighted by Crippen LogP contribution is 2.35. The monoisotopic (exact) mass is 441 g/mol. The van der Waals surface area contributed by atoms with Crippen molar-refractivity contribution < 1.29 is 13.2 Å². The molecule has 6 nitrogen and oxygen atoms in total. The van der Waals surface area contributed by atoms with Crippen molar-refractivity contribution >= 4 is 67.7 Å². The third-order valence-corrected chi connectivity index (χ3v) is 6.45. The van der Waals surface area contributed by atoms with Crippen molar-refractivity contribution in [1.82, 2.24) is 0 Å². The smallest absolute Gasteiger partial charge is 0.308 e. The third-order valence-electron chi connectivity index (χ3n) is 3.32. The molecule has 3 rings (SSSR count). The summed E-state index contributed by atoms with van der Waals surface area (Å²) < 4.78 is 27.7. The molecule has 0 radical (unpaired) electrons. The number of carbonyl (C=O) groups excluding carboxylic acids is 1. The van der Waals surface area contributed by atoms with Crippen LogP contribution in [-0.2, 0) is 10.0 Å². The second-order valence-electron chi connectivity index (χ2n) is 5.32. The van der Waals surface area contributed by atoms with Gasteiger partial charge in [0.1, 0.15) is 9.23 Å². The van der Waals surface area contributed by atoms with Gasteiger partial charge in [-0.2, -0.15) is 0 Å². The Balaban J connectivity index is 1.72. The van der Waals surface area contributed by atoms with Crippen LogP contribution in [0.25, 0.3) is 0 Å². The predicted octanol–water partition coefficient (Wildman–Crippen LogP) is 5.50. The molecule has 0 saturated carbocycles. The minimum Gasteiger partial charge on any atom is -0.308 e. The van der Waals surface area contributed by atoms with E-state index in [2.05, 4.69) is 15.4 Å². The van der Waals surface area contributed by atoms with Gasteiger partial charge < -0.3 is 10.6 Å². The van der Waals surface area contributed by atoms with Crippen molar-refractivity contribution in [1.29, 1.82) is 0 Å². The van der Waals surface area contributed by atoms with Crippen LogP contribution >= 0.6 is 34.5 Å². The van der Waals surface area contributed by atoms with E-state index in [-0.39, 0.29) is 19.3 Å². The highest BCUT2D eigenvalue weighted by Gasteiger charge is 2.21. The largest absolute Gasteiger partial charge is 0.323 e. The number of anilines is 3. The number of thiophene rings is 1. The van der Waals surface area contributed by atoms with E-state index >= 15 is 0 Å². The summed E-state index contributed by atoms with van der Waals surface area (Å²) in [6.45, 7) is 0.